The molecule has 0 saturated heterocycles. The molecule has 0 fully saturated rings. The second-order valence-corrected chi connectivity index (χ2v) is 6.58. The molecule has 4 rings (SSSR count). The second-order valence-electron chi connectivity index (χ2n) is 6.58. The summed E-state index contributed by atoms with van der Waals surface area (Å²) < 4.78 is 0. The molecule has 1 aliphatic rings. The Kier molecular flexibility index (Phi) is 3.88. The van der Waals surface area contributed by atoms with Crippen molar-refractivity contribution < 1.29 is 4.79 Å². The summed E-state index contributed by atoms with van der Waals surface area (Å²) in [6.45, 7) is 5.46. The third kappa shape index (κ3) is 2.74. The maximum absolute atomic E-state index is 12.9. The molecule has 1 aromatic carbocycles. The van der Waals surface area contributed by atoms with Gasteiger partial charge in [0.15, 0.2) is 0 Å². The molecule has 3 heterocycles. The van der Waals surface area contributed by atoms with Crippen LogP contribution in [0.1, 0.15) is 33.5 Å². The third-order valence-corrected chi connectivity index (χ3v) is 5.13. The van der Waals surface area contributed by atoms with Gasteiger partial charge in [-0.2, -0.15) is 0 Å². The van der Waals surface area contributed by atoms with E-state index in [1.807, 2.05) is 49.2 Å². The zero-order valence-electron chi connectivity index (χ0n) is 14.5. The summed E-state index contributed by atoms with van der Waals surface area (Å²) in [6, 6.07) is 9.97. The van der Waals surface area contributed by atoms with Crippen LogP contribution in [0.15, 0.2) is 48.8 Å². The lowest BCUT2D eigenvalue weighted by Gasteiger charge is -2.27. The minimum absolute atomic E-state index is 0.122. The Hall–Kier alpha value is -2.88. The van der Waals surface area contributed by atoms with Crippen LogP contribution in [-0.2, 0) is 0 Å². The fraction of sp³-hybridized carbons (Fsp3) is 0.238. The highest BCUT2D eigenvalue weighted by atomic mass is 16.2. The maximum atomic E-state index is 12.9. The summed E-state index contributed by atoms with van der Waals surface area (Å²) in [5.74, 6) is 0.122. The zero-order valence-corrected chi connectivity index (χ0v) is 14.5. The number of nitrogens with one attached hydrogen (secondary N) is 1. The van der Waals surface area contributed by atoms with Crippen molar-refractivity contribution in [3.63, 3.8) is 0 Å². The Labute approximate surface area is 147 Å². The summed E-state index contributed by atoms with van der Waals surface area (Å²) in [5.41, 5.74) is 6.43. The van der Waals surface area contributed by atoms with E-state index >= 15 is 0 Å². The van der Waals surface area contributed by atoms with E-state index in [2.05, 4.69) is 22.1 Å². The minimum Gasteiger partial charge on any atom is -0.346 e. The van der Waals surface area contributed by atoms with Crippen molar-refractivity contribution in [2.45, 2.75) is 20.3 Å². The number of pyridine rings is 1. The maximum Gasteiger partial charge on any atom is 0.254 e. The molecule has 0 atom stereocenters. The Morgan fingerprint density at radius 2 is 2.08 bits per heavy atom. The van der Waals surface area contributed by atoms with E-state index in [9.17, 15) is 4.79 Å². The van der Waals surface area contributed by atoms with Gasteiger partial charge in [0.1, 0.15) is 5.65 Å². The van der Waals surface area contributed by atoms with Crippen LogP contribution in [0.2, 0.25) is 0 Å². The number of amides is 1. The highest BCUT2D eigenvalue weighted by Gasteiger charge is 2.22. The number of hydrogen-bond donors (Lipinski definition) is 1. The molecular weight excluding hydrogens is 310 g/mol. The van der Waals surface area contributed by atoms with Crippen molar-refractivity contribution in [2.24, 2.45) is 0 Å². The number of fused-ring (bicyclic) bond motifs is 1. The second kappa shape index (κ2) is 6.20. The third-order valence-electron chi connectivity index (χ3n) is 5.13. The molecule has 126 valence electrons. The average molecular weight is 331 g/mol. The van der Waals surface area contributed by atoms with Crippen LogP contribution in [0.4, 0.5) is 0 Å². The van der Waals surface area contributed by atoms with Gasteiger partial charge in [0.05, 0.1) is 0 Å². The number of benzene rings is 1. The zero-order chi connectivity index (χ0) is 17.4. The van der Waals surface area contributed by atoms with Crippen molar-refractivity contribution >= 4 is 22.5 Å². The van der Waals surface area contributed by atoms with Gasteiger partial charge < -0.3 is 9.88 Å². The number of nitrogens with zero attached hydrogens (tertiary/aromatic N) is 2. The quantitative estimate of drug-likeness (QED) is 0.768. The van der Waals surface area contributed by atoms with E-state index in [-0.39, 0.29) is 5.91 Å². The molecule has 3 aromatic rings. The molecule has 0 spiro atoms. The normalized spacial score (nSPS) is 14.6. The molecule has 25 heavy (non-hydrogen) atoms. The molecule has 1 N–H and O–H groups in total. The van der Waals surface area contributed by atoms with Gasteiger partial charge in [0, 0.05) is 42.0 Å². The standard InChI is InChI=1S/C21H21N3O/c1-14-5-3-6-17(15(14)2)21(25)24-11-8-16(9-12-24)19-13-23-20-18(19)7-4-10-22-20/h3-8,10,13H,9,11-12H2,1-2H3,(H,22,23). The lowest BCUT2D eigenvalue weighted by atomic mass is 9.98. The molecule has 1 amide bonds. The topological polar surface area (TPSA) is 49.0 Å². The van der Waals surface area contributed by atoms with Crippen LogP contribution in [0.3, 0.4) is 0 Å². The fourth-order valence-electron chi connectivity index (χ4n) is 3.47. The first kappa shape index (κ1) is 15.6. The van der Waals surface area contributed by atoms with Gasteiger partial charge in [-0.05, 0) is 55.2 Å². The average Bonchev–Trinajstić information content (AvgIpc) is 3.08. The molecule has 1 aliphatic heterocycles. The Morgan fingerprint density at radius 1 is 1.20 bits per heavy atom. The summed E-state index contributed by atoms with van der Waals surface area (Å²) in [4.78, 5) is 22.4. The summed E-state index contributed by atoms with van der Waals surface area (Å²) >= 11 is 0. The summed E-state index contributed by atoms with van der Waals surface area (Å²) in [6.07, 6.45) is 6.84. The van der Waals surface area contributed by atoms with E-state index in [0.717, 1.165) is 40.7 Å². The number of aromatic nitrogens is 2. The van der Waals surface area contributed by atoms with Crippen molar-refractivity contribution in [1.29, 1.82) is 0 Å². The number of carbonyl (C=O) groups excluding carboxylic acids is 1. The summed E-state index contributed by atoms with van der Waals surface area (Å²) in [7, 11) is 0. The first-order valence-corrected chi connectivity index (χ1v) is 8.62. The number of rotatable bonds is 2. The summed E-state index contributed by atoms with van der Waals surface area (Å²) in [5, 5.41) is 1.14. The molecule has 2 aromatic heterocycles. The van der Waals surface area contributed by atoms with Crippen LogP contribution in [0, 0.1) is 13.8 Å². The SMILES string of the molecule is Cc1cccc(C(=O)N2CC=C(c3c[nH]c4ncccc34)CC2)c1C. The van der Waals surface area contributed by atoms with Crippen LogP contribution in [0.5, 0.6) is 0 Å². The molecule has 0 bridgehead atoms. The highest BCUT2D eigenvalue weighted by molar-refractivity contribution is 5.97. The predicted molar refractivity (Wildman–Crippen MR) is 101 cm³/mol. The van der Waals surface area contributed by atoms with Gasteiger partial charge in [-0.1, -0.05) is 18.2 Å². The van der Waals surface area contributed by atoms with E-state index < -0.39 is 0 Å². The molecular formula is C21H21N3O. The largest absolute Gasteiger partial charge is 0.346 e. The monoisotopic (exact) mass is 331 g/mol. The van der Waals surface area contributed by atoms with Crippen molar-refractivity contribution in [3.05, 3.63) is 71.1 Å². The molecule has 4 heteroatoms. The van der Waals surface area contributed by atoms with Gasteiger partial charge in [-0.15, -0.1) is 0 Å². The van der Waals surface area contributed by atoms with Gasteiger partial charge in [0.2, 0.25) is 0 Å². The number of H-pyrrole nitrogens is 1. The Bertz CT molecular complexity index is 984. The van der Waals surface area contributed by atoms with Crippen LogP contribution >= 0.6 is 0 Å². The van der Waals surface area contributed by atoms with Crippen molar-refractivity contribution in [3.8, 4) is 0 Å². The predicted octanol–water partition coefficient (Wildman–Crippen LogP) is 4.11. The van der Waals surface area contributed by atoms with Crippen LogP contribution in [-0.4, -0.2) is 33.9 Å². The first-order chi connectivity index (χ1) is 12.1. The molecule has 0 saturated carbocycles. The van der Waals surface area contributed by atoms with E-state index in [4.69, 9.17) is 0 Å². The smallest absolute Gasteiger partial charge is 0.254 e. The van der Waals surface area contributed by atoms with E-state index in [0.29, 0.717) is 6.54 Å². The van der Waals surface area contributed by atoms with E-state index in [1.165, 1.54) is 11.1 Å². The van der Waals surface area contributed by atoms with Gasteiger partial charge in [0.25, 0.3) is 5.91 Å². The van der Waals surface area contributed by atoms with Gasteiger partial charge in [-0.25, -0.2) is 4.98 Å². The van der Waals surface area contributed by atoms with Crippen molar-refractivity contribution in [2.75, 3.05) is 13.1 Å². The molecule has 0 aliphatic carbocycles. The van der Waals surface area contributed by atoms with Gasteiger partial charge >= 0.3 is 0 Å². The number of carbonyl (C=O) groups is 1. The van der Waals surface area contributed by atoms with Gasteiger partial charge in [-0.3, -0.25) is 4.79 Å². The fourth-order valence-corrected chi connectivity index (χ4v) is 3.47. The minimum atomic E-state index is 0.122. The number of aryl methyl sites for hydroxylation is 1. The van der Waals surface area contributed by atoms with E-state index in [1.54, 1.807) is 6.20 Å². The lowest BCUT2D eigenvalue weighted by Crippen LogP contribution is -2.35. The van der Waals surface area contributed by atoms with Crippen LogP contribution < -0.4 is 0 Å². The molecule has 4 nitrogen and oxygen atoms in total. The molecule has 0 unspecified atom stereocenters. The molecule has 0 radical (unpaired) electrons. The highest BCUT2D eigenvalue weighted by Crippen LogP contribution is 2.29. The van der Waals surface area contributed by atoms with Crippen molar-refractivity contribution in [1.82, 2.24) is 14.9 Å². The van der Waals surface area contributed by atoms with Crippen LogP contribution in [0.25, 0.3) is 16.6 Å². The Morgan fingerprint density at radius 3 is 2.88 bits per heavy atom. The lowest BCUT2D eigenvalue weighted by molar-refractivity contribution is 0.0772. The number of hydrogen-bond acceptors (Lipinski definition) is 2. The Balaban J connectivity index is 1.58. The number of aromatic amines is 1. The first-order valence-electron chi connectivity index (χ1n) is 8.62.